The minimum atomic E-state index is -0.498. The number of guanidine groups is 1. The number of halogens is 1. The highest BCUT2D eigenvalue weighted by Gasteiger charge is 2.00. The number of aliphatic imine (C=N–C) groups is 1. The second-order valence-corrected chi connectivity index (χ2v) is 5.01. The summed E-state index contributed by atoms with van der Waals surface area (Å²) >= 11 is 0. The van der Waals surface area contributed by atoms with Crippen molar-refractivity contribution in [3.8, 4) is 0 Å². The SMILES string of the molecule is COC(=O)Nc1ccc(CN=C(N)Nc2cccc(C)c2)cc1.I. The van der Waals surface area contributed by atoms with Gasteiger partial charge in [-0.3, -0.25) is 5.32 Å². The lowest BCUT2D eigenvalue weighted by atomic mass is 10.2. The van der Waals surface area contributed by atoms with Crippen molar-refractivity contribution >= 4 is 47.4 Å². The number of methoxy groups -OCH3 is 1. The number of amides is 1. The largest absolute Gasteiger partial charge is 0.453 e. The van der Waals surface area contributed by atoms with Crippen LogP contribution in [-0.4, -0.2) is 19.2 Å². The fraction of sp³-hybridized carbons (Fsp3) is 0.176. The van der Waals surface area contributed by atoms with E-state index in [0.717, 1.165) is 16.8 Å². The molecule has 1 amide bonds. The van der Waals surface area contributed by atoms with Gasteiger partial charge in [0.15, 0.2) is 5.96 Å². The second-order valence-electron chi connectivity index (χ2n) is 5.01. The number of nitrogens with zero attached hydrogens (tertiary/aromatic N) is 1. The van der Waals surface area contributed by atoms with Gasteiger partial charge in [0.05, 0.1) is 13.7 Å². The van der Waals surface area contributed by atoms with Crippen LogP contribution in [0.1, 0.15) is 11.1 Å². The first-order valence-electron chi connectivity index (χ1n) is 7.14. The first-order valence-corrected chi connectivity index (χ1v) is 7.14. The van der Waals surface area contributed by atoms with Crippen molar-refractivity contribution in [2.75, 3.05) is 17.7 Å². The van der Waals surface area contributed by atoms with Gasteiger partial charge in [-0.1, -0.05) is 24.3 Å². The molecule has 0 aliphatic heterocycles. The first-order chi connectivity index (χ1) is 11.1. The Hall–Kier alpha value is -2.29. The molecule has 7 heteroatoms. The zero-order valence-corrected chi connectivity index (χ0v) is 15.9. The average molecular weight is 440 g/mol. The summed E-state index contributed by atoms with van der Waals surface area (Å²) in [4.78, 5) is 15.4. The molecule has 4 N–H and O–H groups in total. The normalized spacial score (nSPS) is 10.5. The van der Waals surface area contributed by atoms with Gasteiger partial charge in [-0.15, -0.1) is 24.0 Å². The van der Waals surface area contributed by atoms with E-state index >= 15 is 0 Å². The molecule has 24 heavy (non-hydrogen) atoms. The third-order valence-corrected chi connectivity index (χ3v) is 3.11. The number of hydrogen-bond donors (Lipinski definition) is 3. The molecular weight excluding hydrogens is 419 g/mol. The Bertz CT molecular complexity index is 702. The van der Waals surface area contributed by atoms with Gasteiger partial charge in [0.2, 0.25) is 0 Å². The van der Waals surface area contributed by atoms with Crippen molar-refractivity contribution in [1.82, 2.24) is 0 Å². The number of nitrogens with two attached hydrogens (primary N) is 1. The van der Waals surface area contributed by atoms with Gasteiger partial charge in [0, 0.05) is 11.4 Å². The van der Waals surface area contributed by atoms with E-state index in [-0.39, 0.29) is 24.0 Å². The first kappa shape index (κ1) is 19.8. The van der Waals surface area contributed by atoms with Crippen LogP contribution in [0.15, 0.2) is 53.5 Å². The smallest absolute Gasteiger partial charge is 0.411 e. The number of carbonyl (C=O) groups is 1. The Kier molecular flexibility index (Phi) is 8.03. The molecule has 2 rings (SSSR count). The highest BCUT2D eigenvalue weighted by Crippen LogP contribution is 2.11. The predicted molar refractivity (Wildman–Crippen MR) is 108 cm³/mol. The molecule has 0 aliphatic rings. The van der Waals surface area contributed by atoms with Crippen LogP contribution in [0.4, 0.5) is 16.2 Å². The molecule has 0 aliphatic carbocycles. The van der Waals surface area contributed by atoms with Gasteiger partial charge in [-0.2, -0.15) is 0 Å². The highest BCUT2D eigenvalue weighted by molar-refractivity contribution is 14.0. The maximum atomic E-state index is 11.1. The van der Waals surface area contributed by atoms with E-state index < -0.39 is 6.09 Å². The average Bonchev–Trinajstić information content (AvgIpc) is 2.54. The monoisotopic (exact) mass is 440 g/mol. The fourth-order valence-corrected chi connectivity index (χ4v) is 1.95. The summed E-state index contributed by atoms with van der Waals surface area (Å²) in [5, 5.41) is 5.64. The molecular formula is C17H21IN4O2. The minimum absolute atomic E-state index is 0. The number of hydrogen-bond acceptors (Lipinski definition) is 3. The molecule has 0 heterocycles. The number of benzene rings is 2. The number of carbonyl (C=O) groups excluding carboxylic acids is 1. The summed E-state index contributed by atoms with van der Waals surface area (Å²) in [6, 6.07) is 15.2. The number of rotatable bonds is 4. The second kappa shape index (κ2) is 9.76. The van der Waals surface area contributed by atoms with E-state index in [1.807, 2.05) is 43.3 Å². The summed E-state index contributed by atoms with van der Waals surface area (Å²) in [5.74, 6) is 0.354. The Morgan fingerprint density at radius 2 is 1.83 bits per heavy atom. The summed E-state index contributed by atoms with van der Waals surface area (Å²) in [6.07, 6.45) is -0.498. The Morgan fingerprint density at radius 1 is 1.12 bits per heavy atom. The lowest BCUT2D eigenvalue weighted by molar-refractivity contribution is 0.187. The fourth-order valence-electron chi connectivity index (χ4n) is 1.95. The number of aryl methyl sites for hydroxylation is 1. The lowest BCUT2D eigenvalue weighted by Crippen LogP contribution is -2.22. The zero-order chi connectivity index (χ0) is 16.7. The molecule has 0 aromatic heterocycles. The van der Waals surface area contributed by atoms with Crippen LogP contribution in [-0.2, 0) is 11.3 Å². The molecule has 0 bridgehead atoms. The van der Waals surface area contributed by atoms with Gasteiger partial charge in [0.1, 0.15) is 0 Å². The van der Waals surface area contributed by atoms with Gasteiger partial charge in [-0.05, 0) is 42.3 Å². The topological polar surface area (TPSA) is 88.7 Å². The Labute approximate surface area is 158 Å². The summed E-state index contributed by atoms with van der Waals surface area (Å²) in [6.45, 7) is 2.46. The van der Waals surface area contributed by atoms with Crippen LogP contribution < -0.4 is 16.4 Å². The molecule has 0 fully saturated rings. The third kappa shape index (κ3) is 6.45. The molecule has 128 valence electrons. The molecule has 6 nitrogen and oxygen atoms in total. The van der Waals surface area contributed by atoms with E-state index in [4.69, 9.17) is 5.73 Å². The van der Waals surface area contributed by atoms with Crippen LogP contribution in [0.2, 0.25) is 0 Å². The minimum Gasteiger partial charge on any atom is -0.453 e. The highest BCUT2D eigenvalue weighted by atomic mass is 127. The van der Waals surface area contributed by atoms with Gasteiger partial charge in [-0.25, -0.2) is 9.79 Å². The molecule has 0 unspecified atom stereocenters. The summed E-state index contributed by atoms with van der Waals surface area (Å²) in [5.41, 5.74) is 9.58. The maximum Gasteiger partial charge on any atom is 0.411 e. The van der Waals surface area contributed by atoms with Crippen molar-refractivity contribution in [1.29, 1.82) is 0 Å². The van der Waals surface area contributed by atoms with E-state index in [1.165, 1.54) is 7.11 Å². The number of anilines is 2. The summed E-state index contributed by atoms with van der Waals surface area (Å²) < 4.78 is 4.53. The molecule has 0 radical (unpaired) electrons. The van der Waals surface area contributed by atoms with Crippen molar-refractivity contribution in [2.45, 2.75) is 13.5 Å². The molecule has 0 spiro atoms. The van der Waals surface area contributed by atoms with Crippen LogP contribution in [0.5, 0.6) is 0 Å². The van der Waals surface area contributed by atoms with E-state index in [1.54, 1.807) is 12.1 Å². The van der Waals surface area contributed by atoms with Crippen molar-refractivity contribution in [3.05, 3.63) is 59.7 Å². The zero-order valence-electron chi connectivity index (χ0n) is 13.6. The van der Waals surface area contributed by atoms with Gasteiger partial charge >= 0.3 is 6.09 Å². The van der Waals surface area contributed by atoms with Crippen LogP contribution in [0.3, 0.4) is 0 Å². The lowest BCUT2D eigenvalue weighted by Gasteiger charge is -2.07. The Morgan fingerprint density at radius 3 is 2.46 bits per heavy atom. The maximum absolute atomic E-state index is 11.1. The van der Waals surface area contributed by atoms with E-state index in [0.29, 0.717) is 18.2 Å². The Balaban J connectivity index is 0.00000288. The number of nitrogens with one attached hydrogen (secondary N) is 2. The quantitative estimate of drug-likeness (QED) is 0.384. The molecule has 0 saturated carbocycles. The third-order valence-electron chi connectivity index (χ3n) is 3.11. The van der Waals surface area contributed by atoms with E-state index in [2.05, 4.69) is 20.4 Å². The molecule has 0 atom stereocenters. The van der Waals surface area contributed by atoms with Crippen molar-refractivity contribution in [3.63, 3.8) is 0 Å². The van der Waals surface area contributed by atoms with Crippen molar-refractivity contribution in [2.24, 2.45) is 10.7 Å². The predicted octanol–water partition coefficient (Wildman–Crippen LogP) is 3.72. The van der Waals surface area contributed by atoms with Crippen molar-refractivity contribution < 1.29 is 9.53 Å². The number of ether oxygens (including phenoxy) is 1. The van der Waals surface area contributed by atoms with Crippen LogP contribution in [0, 0.1) is 6.92 Å². The molecule has 2 aromatic carbocycles. The molecule has 0 saturated heterocycles. The molecule has 2 aromatic rings. The van der Waals surface area contributed by atoms with Gasteiger partial charge < -0.3 is 15.8 Å². The van der Waals surface area contributed by atoms with Gasteiger partial charge in [0.25, 0.3) is 0 Å². The van der Waals surface area contributed by atoms with Crippen LogP contribution in [0.25, 0.3) is 0 Å². The van der Waals surface area contributed by atoms with Crippen LogP contribution >= 0.6 is 24.0 Å². The van der Waals surface area contributed by atoms with E-state index in [9.17, 15) is 4.79 Å². The summed E-state index contributed by atoms with van der Waals surface area (Å²) in [7, 11) is 1.32. The standard InChI is InChI=1S/C17H20N4O2.HI/c1-12-4-3-5-15(10-12)20-16(18)19-11-13-6-8-14(9-7-13)21-17(22)23-2;/h3-10H,11H2,1-2H3,(H,21,22)(H3,18,19,20);1H.